The van der Waals surface area contributed by atoms with Gasteiger partial charge in [0.15, 0.2) is 0 Å². The van der Waals surface area contributed by atoms with Gasteiger partial charge in [0, 0.05) is 12.1 Å². The molecular weight excluding hydrogens is 174 g/mol. The van der Waals surface area contributed by atoms with Gasteiger partial charge in [-0.2, -0.15) is 0 Å². The molecule has 1 rings (SSSR count). The first-order chi connectivity index (χ1) is 6.32. The maximum Gasteiger partial charge on any atom is 0.0662 e. The van der Waals surface area contributed by atoms with E-state index in [0.29, 0.717) is 11.5 Å². The first-order valence-electron chi connectivity index (χ1n) is 5.76. The van der Waals surface area contributed by atoms with Gasteiger partial charge < -0.3 is 10.4 Å². The lowest BCUT2D eigenvalue weighted by atomic mass is 9.91. The summed E-state index contributed by atoms with van der Waals surface area (Å²) >= 11 is 0. The predicted molar refractivity (Wildman–Crippen MR) is 60.2 cm³/mol. The molecule has 0 heterocycles. The van der Waals surface area contributed by atoms with Crippen LogP contribution in [0, 0.1) is 11.3 Å². The molecule has 0 saturated heterocycles. The molecule has 0 aromatic heterocycles. The van der Waals surface area contributed by atoms with E-state index in [1.807, 2.05) is 6.92 Å². The molecule has 84 valence electrons. The molecular formula is C12H25NO. The zero-order chi connectivity index (χ0) is 10.9. The molecule has 14 heavy (non-hydrogen) atoms. The number of rotatable bonds is 3. The lowest BCUT2D eigenvalue weighted by Crippen LogP contribution is -2.43. The van der Waals surface area contributed by atoms with Crippen LogP contribution < -0.4 is 5.32 Å². The monoisotopic (exact) mass is 199 g/mol. The predicted octanol–water partition coefficient (Wildman–Crippen LogP) is 2.17. The summed E-state index contributed by atoms with van der Waals surface area (Å²) in [6.45, 7) is 10.9. The van der Waals surface area contributed by atoms with Gasteiger partial charge in [0.05, 0.1) is 6.10 Å². The Labute approximate surface area is 88.1 Å². The summed E-state index contributed by atoms with van der Waals surface area (Å²) in [5.41, 5.74) is 0.468. The van der Waals surface area contributed by atoms with Crippen LogP contribution in [0.15, 0.2) is 0 Å². The van der Waals surface area contributed by atoms with Gasteiger partial charge in [-0.05, 0) is 38.0 Å². The molecule has 1 saturated carbocycles. The van der Waals surface area contributed by atoms with Gasteiger partial charge in [-0.15, -0.1) is 0 Å². The summed E-state index contributed by atoms with van der Waals surface area (Å²) in [6.07, 6.45) is 2.26. The summed E-state index contributed by atoms with van der Waals surface area (Å²) in [4.78, 5) is 0. The van der Waals surface area contributed by atoms with E-state index in [9.17, 15) is 5.11 Å². The first kappa shape index (κ1) is 12.0. The smallest absolute Gasteiger partial charge is 0.0662 e. The molecule has 2 N–H and O–H groups in total. The van der Waals surface area contributed by atoms with E-state index >= 15 is 0 Å². The molecule has 0 spiro atoms. The molecule has 1 aliphatic carbocycles. The van der Waals surface area contributed by atoms with Crippen molar-refractivity contribution >= 4 is 0 Å². The minimum absolute atomic E-state index is 0.205. The Morgan fingerprint density at radius 3 is 2.21 bits per heavy atom. The van der Waals surface area contributed by atoms with E-state index in [-0.39, 0.29) is 12.1 Å². The molecule has 2 heteroatoms. The fourth-order valence-electron chi connectivity index (χ4n) is 2.59. The van der Waals surface area contributed by atoms with Gasteiger partial charge in [0.25, 0.3) is 0 Å². The molecule has 4 unspecified atom stereocenters. The van der Waals surface area contributed by atoms with Crippen molar-refractivity contribution in [1.82, 2.24) is 5.32 Å². The van der Waals surface area contributed by atoms with Gasteiger partial charge in [-0.1, -0.05) is 20.8 Å². The number of aliphatic hydroxyl groups excluding tert-OH is 1. The second-order valence-electron chi connectivity index (χ2n) is 5.85. The lowest BCUT2D eigenvalue weighted by molar-refractivity contribution is 0.141. The van der Waals surface area contributed by atoms with Crippen molar-refractivity contribution in [2.45, 2.75) is 65.6 Å². The maximum atomic E-state index is 9.44. The molecule has 0 aliphatic heterocycles. The Bertz CT molecular complexity index is 189. The average molecular weight is 199 g/mol. The highest BCUT2D eigenvalue weighted by Gasteiger charge is 2.37. The largest absolute Gasteiger partial charge is 0.392 e. The van der Waals surface area contributed by atoms with Crippen molar-refractivity contribution in [3.8, 4) is 0 Å². The average Bonchev–Trinajstić information content (AvgIpc) is 2.24. The first-order valence-corrected chi connectivity index (χ1v) is 5.76. The third-order valence-corrected chi connectivity index (χ3v) is 3.53. The van der Waals surface area contributed by atoms with Crippen LogP contribution in [-0.4, -0.2) is 23.3 Å². The third-order valence-electron chi connectivity index (χ3n) is 3.53. The molecule has 0 aromatic rings. The van der Waals surface area contributed by atoms with Crippen LogP contribution in [0.3, 0.4) is 0 Å². The molecule has 0 aromatic carbocycles. The van der Waals surface area contributed by atoms with Gasteiger partial charge >= 0.3 is 0 Å². The number of aliphatic hydroxyl groups is 1. The highest BCUT2D eigenvalue weighted by molar-refractivity contribution is 4.92. The van der Waals surface area contributed by atoms with Crippen LogP contribution >= 0.6 is 0 Å². The van der Waals surface area contributed by atoms with Crippen molar-refractivity contribution in [2.75, 3.05) is 0 Å². The number of hydrogen-bond acceptors (Lipinski definition) is 2. The van der Waals surface area contributed by atoms with Gasteiger partial charge in [0.2, 0.25) is 0 Å². The molecule has 4 atom stereocenters. The second-order valence-corrected chi connectivity index (χ2v) is 5.85. The van der Waals surface area contributed by atoms with E-state index < -0.39 is 0 Å². The molecule has 0 radical (unpaired) electrons. The quantitative estimate of drug-likeness (QED) is 0.730. The molecule has 2 nitrogen and oxygen atoms in total. The highest BCUT2D eigenvalue weighted by atomic mass is 16.3. The summed E-state index contributed by atoms with van der Waals surface area (Å²) in [6, 6.07) is 0.783. The Kier molecular flexibility index (Phi) is 3.59. The Balaban J connectivity index is 2.47. The molecule has 0 amide bonds. The van der Waals surface area contributed by atoms with Crippen molar-refractivity contribution in [2.24, 2.45) is 11.3 Å². The number of hydrogen-bond donors (Lipinski definition) is 2. The van der Waals surface area contributed by atoms with E-state index in [0.717, 1.165) is 5.92 Å². The summed E-state index contributed by atoms with van der Waals surface area (Å²) in [5, 5.41) is 13.0. The SMILES string of the molecule is CC(O)C(C)NC1CC(C)(C)CC1C. The van der Waals surface area contributed by atoms with Gasteiger partial charge in [-0.3, -0.25) is 0 Å². The Morgan fingerprint density at radius 1 is 1.29 bits per heavy atom. The topological polar surface area (TPSA) is 32.3 Å². The zero-order valence-corrected chi connectivity index (χ0v) is 10.2. The van der Waals surface area contributed by atoms with Gasteiger partial charge in [-0.25, -0.2) is 0 Å². The normalized spacial score (nSPS) is 35.6. The van der Waals surface area contributed by atoms with Crippen molar-refractivity contribution in [1.29, 1.82) is 0 Å². The van der Waals surface area contributed by atoms with Crippen LogP contribution in [0.4, 0.5) is 0 Å². The number of nitrogens with one attached hydrogen (secondary N) is 1. The van der Waals surface area contributed by atoms with Gasteiger partial charge in [0.1, 0.15) is 0 Å². The van der Waals surface area contributed by atoms with Crippen LogP contribution in [-0.2, 0) is 0 Å². The van der Waals surface area contributed by atoms with Crippen molar-refractivity contribution < 1.29 is 5.11 Å². The fourth-order valence-corrected chi connectivity index (χ4v) is 2.59. The van der Waals surface area contributed by atoms with E-state index in [1.165, 1.54) is 12.8 Å². The highest BCUT2D eigenvalue weighted by Crippen LogP contribution is 2.40. The standard InChI is InChI=1S/C12H25NO/c1-8-6-12(4,5)7-11(8)13-9(2)10(3)14/h8-11,13-14H,6-7H2,1-5H3. The molecule has 0 bridgehead atoms. The molecule has 1 aliphatic rings. The zero-order valence-electron chi connectivity index (χ0n) is 10.2. The van der Waals surface area contributed by atoms with Crippen molar-refractivity contribution in [3.05, 3.63) is 0 Å². The second kappa shape index (κ2) is 4.19. The Hall–Kier alpha value is -0.0800. The summed E-state index contributed by atoms with van der Waals surface area (Å²) in [7, 11) is 0. The minimum Gasteiger partial charge on any atom is -0.392 e. The Morgan fingerprint density at radius 2 is 1.86 bits per heavy atom. The third kappa shape index (κ3) is 2.96. The van der Waals surface area contributed by atoms with Crippen LogP contribution in [0.2, 0.25) is 0 Å². The maximum absolute atomic E-state index is 9.44. The minimum atomic E-state index is -0.258. The van der Waals surface area contributed by atoms with Crippen molar-refractivity contribution in [3.63, 3.8) is 0 Å². The van der Waals surface area contributed by atoms with Crippen LogP contribution in [0.5, 0.6) is 0 Å². The van der Waals surface area contributed by atoms with Crippen LogP contribution in [0.25, 0.3) is 0 Å². The van der Waals surface area contributed by atoms with Crippen LogP contribution in [0.1, 0.15) is 47.5 Å². The fraction of sp³-hybridized carbons (Fsp3) is 1.00. The van der Waals surface area contributed by atoms with E-state index in [4.69, 9.17) is 0 Å². The molecule has 1 fully saturated rings. The van der Waals surface area contributed by atoms with E-state index in [1.54, 1.807) is 0 Å². The summed E-state index contributed by atoms with van der Waals surface area (Å²) < 4.78 is 0. The van der Waals surface area contributed by atoms with E-state index in [2.05, 4.69) is 33.0 Å². The summed E-state index contributed by atoms with van der Waals surface area (Å²) in [5.74, 6) is 0.728. The lowest BCUT2D eigenvalue weighted by Gasteiger charge is -2.25.